The molecule has 3 nitrogen and oxygen atoms in total. The molecule has 17 heavy (non-hydrogen) atoms. The molecule has 94 valence electrons. The number of nitrogens with two attached hydrogens (primary N) is 1. The van der Waals surface area contributed by atoms with Crippen molar-refractivity contribution in [2.45, 2.75) is 45.2 Å². The van der Waals surface area contributed by atoms with Crippen LogP contribution in [0, 0.1) is 12.8 Å². The molecule has 1 aromatic heterocycles. The molecular formula is C13H20N2OS. The molecule has 0 radical (unpaired) electrons. The normalized spacial score (nSPS) is 24.6. The highest BCUT2D eigenvalue weighted by molar-refractivity contribution is 7.10. The molecule has 0 aromatic carbocycles. The van der Waals surface area contributed by atoms with Gasteiger partial charge in [0.25, 0.3) is 0 Å². The summed E-state index contributed by atoms with van der Waals surface area (Å²) in [7, 11) is 0. The lowest BCUT2D eigenvalue weighted by molar-refractivity contribution is -0.126. The molecule has 1 aliphatic carbocycles. The summed E-state index contributed by atoms with van der Waals surface area (Å²) in [5.74, 6) is 0.375. The fourth-order valence-corrected chi connectivity index (χ4v) is 3.12. The van der Waals surface area contributed by atoms with Crippen molar-refractivity contribution in [3.63, 3.8) is 0 Å². The number of rotatable bonds is 3. The van der Waals surface area contributed by atoms with E-state index in [0.29, 0.717) is 12.6 Å². The summed E-state index contributed by atoms with van der Waals surface area (Å²) in [6.07, 6.45) is 3.85. The van der Waals surface area contributed by atoms with Crippen LogP contribution in [0.1, 0.15) is 36.1 Å². The van der Waals surface area contributed by atoms with Crippen LogP contribution in [0.5, 0.6) is 0 Å². The molecule has 0 atom stereocenters. The average Bonchev–Trinajstić information content (AvgIpc) is 2.73. The van der Waals surface area contributed by atoms with Gasteiger partial charge in [-0.2, -0.15) is 0 Å². The van der Waals surface area contributed by atoms with Crippen molar-refractivity contribution in [2.24, 2.45) is 11.7 Å². The number of carbonyl (C=O) groups excluding carboxylic acids is 1. The highest BCUT2D eigenvalue weighted by Crippen LogP contribution is 2.23. The van der Waals surface area contributed by atoms with Gasteiger partial charge in [0.1, 0.15) is 0 Å². The molecule has 0 spiro atoms. The third-order valence-corrected chi connectivity index (χ3v) is 4.56. The number of nitrogens with one attached hydrogen (secondary N) is 1. The molecule has 0 unspecified atom stereocenters. The van der Waals surface area contributed by atoms with Crippen LogP contribution in [0.25, 0.3) is 0 Å². The third-order valence-electron chi connectivity index (χ3n) is 3.53. The highest BCUT2D eigenvalue weighted by atomic mass is 32.1. The Morgan fingerprint density at radius 3 is 2.76 bits per heavy atom. The Bertz CT molecular complexity index is 381. The zero-order chi connectivity index (χ0) is 12.3. The molecule has 1 aromatic rings. The first kappa shape index (κ1) is 12.6. The molecule has 2 rings (SSSR count). The molecule has 4 heteroatoms. The summed E-state index contributed by atoms with van der Waals surface area (Å²) < 4.78 is 0. The van der Waals surface area contributed by atoms with E-state index in [1.165, 1.54) is 10.4 Å². The van der Waals surface area contributed by atoms with E-state index in [2.05, 4.69) is 23.7 Å². The lowest BCUT2D eigenvalue weighted by Crippen LogP contribution is -2.35. The molecular weight excluding hydrogens is 232 g/mol. The average molecular weight is 252 g/mol. The molecule has 0 saturated heterocycles. The van der Waals surface area contributed by atoms with Gasteiger partial charge in [0, 0.05) is 16.8 Å². The van der Waals surface area contributed by atoms with Crippen LogP contribution in [-0.4, -0.2) is 11.9 Å². The second-order valence-electron chi connectivity index (χ2n) is 4.86. The Hall–Kier alpha value is -0.870. The maximum atomic E-state index is 12.0. The van der Waals surface area contributed by atoms with Gasteiger partial charge in [-0.05, 0) is 49.6 Å². The fraction of sp³-hybridized carbons (Fsp3) is 0.615. The van der Waals surface area contributed by atoms with Crippen LogP contribution in [-0.2, 0) is 11.3 Å². The van der Waals surface area contributed by atoms with Gasteiger partial charge in [-0.25, -0.2) is 0 Å². The number of amides is 1. The maximum absolute atomic E-state index is 12.0. The van der Waals surface area contributed by atoms with E-state index >= 15 is 0 Å². The number of thiophene rings is 1. The van der Waals surface area contributed by atoms with Crippen molar-refractivity contribution in [3.8, 4) is 0 Å². The summed E-state index contributed by atoms with van der Waals surface area (Å²) in [5.41, 5.74) is 7.10. The second-order valence-corrected chi connectivity index (χ2v) is 5.86. The summed E-state index contributed by atoms with van der Waals surface area (Å²) in [4.78, 5) is 13.2. The Kier molecular flexibility index (Phi) is 4.18. The minimum Gasteiger partial charge on any atom is -0.351 e. The molecule has 1 saturated carbocycles. The van der Waals surface area contributed by atoms with Crippen molar-refractivity contribution in [1.29, 1.82) is 0 Å². The second kappa shape index (κ2) is 5.65. The van der Waals surface area contributed by atoms with Gasteiger partial charge >= 0.3 is 0 Å². The van der Waals surface area contributed by atoms with Gasteiger partial charge in [0.2, 0.25) is 5.91 Å². The first-order valence-corrected chi connectivity index (χ1v) is 7.11. The molecule has 1 fully saturated rings. The van der Waals surface area contributed by atoms with Gasteiger partial charge in [-0.15, -0.1) is 11.3 Å². The molecule has 1 heterocycles. The Morgan fingerprint density at radius 1 is 1.47 bits per heavy atom. The molecule has 0 bridgehead atoms. The van der Waals surface area contributed by atoms with Gasteiger partial charge < -0.3 is 11.1 Å². The lowest BCUT2D eigenvalue weighted by Gasteiger charge is -2.25. The largest absolute Gasteiger partial charge is 0.351 e. The predicted octanol–water partition coefficient (Wildman–Crippen LogP) is 2.19. The van der Waals surface area contributed by atoms with E-state index in [1.54, 1.807) is 11.3 Å². The minimum absolute atomic E-state index is 0.176. The highest BCUT2D eigenvalue weighted by Gasteiger charge is 2.24. The van der Waals surface area contributed by atoms with Crippen LogP contribution in [0.3, 0.4) is 0 Å². The fourth-order valence-electron chi connectivity index (χ4n) is 2.28. The van der Waals surface area contributed by atoms with Gasteiger partial charge in [-0.3, -0.25) is 4.79 Å². The van der Waals surface area contributed by atoms with Gasteiger partial charge in [0.05, 0.1) is 6.54 Å². The number of aryl methyl sites for hydroxylation is 1. The maximum Gasteiger partial charge on any atom is 0.223 e. The van der Waals surface area contributed by atoms with E-state index in [4.69, 9.17) is 5.73 Å². The lowest BCUT2D eigenvalue weighted by atomic mass is 9.86. The monoisotopic (exact) mass is 252 g/mol. The number of hydrogen-bond acceptors (Lipinski definition) is 3. The van der Waals surface area contributed by atoms with Crippen molar-refractivity contribution < 1.29 is 4.79 Å². The first-order chi connectivity index (χ1) is 8.16. The van der Waals surface area contributed by atoms with E-state index in [-0.39, 0.29) is 11.8 Å². The number of carbonyl (C=O) groups is 1. The Labute approximate surface area is 106 Å². The zero-order valence-electron chi connectivity index (χ0n) is 10.2. The van der Waals surface area contributed by atoms with Crippen LogP contribution in [0.15, 0.2) is 11.4 Å². The topological polar surface area (TPSA) is 55.1 Å². The SMILES string of the molecule is Cc1ccsc1CNC(=O)C1CCC(N)CC1. The standard InChI is InChI=1S/C13H20N2OS/c1-9-6-7-17-12(9)8-15-13(16)10-2-4-11(14)5-3-10/h6-7,10-11H,2-5,8,14H2,1H3,(H,15,16). The summed E-state index contributed by atoms with van der Waals surface area (Å²) in [6.45, 7) is 2.75. The number of hydrogen-bond donors (Lipinski definition) is 2. The molecule has 1 amide bonds. The molecule has 0 aliphatic heterocycles. The van der Waals surface area contributed by atoms with Crippen molar-refractivity contribution in [2.75, 3.05) is 0 Å². The van der Waals surface area contributed by atoms with Gasteiger partial charge in [0.15, 0.2) is 0 Å². The minimum atomic E-state index is 0.176. The van der Waals surface area contributed by atoms with Crippen LogP contribution >= 0.6 is 11.3 Å². The van der Waals surface area contributed by atoms with E-state index < -0.39 is 0 Å². The van der Waals surface area contributed by atoms with Crippen LogP contribution in [0.2, 0.25) is 0 Å². The Morgan fingerprint density at radius 2 is 2.18 bits per heavy atom. The quantitative estimate of drug-likeness (QED) is 0.866. The Balaban J connectivity index is 1.80. The zero-order valence-corrected chi connectivity index (χ0v) is 11.1. The van der Waals surface area contributed by atoms with E-state index in [9.17, 15) is 4.79 Å². The van der Waals surface area contributed by atoms with Crippen LogP contribution in [0.4, 0.5) is 0 Å². The van der Waals surface area contributed by atoms with Crippen LogP contribution < -0.4 is 11.1 Å². The van der Waals surface area contributed by atoms with Crippen molar-refractivity contribution in [1.82, 2.24) is 5.32 Å². The first-order valence-electron chi connectivity index (χ1n) is 6.23. The molecule has 3 N–H and O–H groups in total. The van der Waals surface area contributed by atoms with E-state index in [1.807, 2.05) is 0 Å². The van der Waals surface area contributed by atoms with Gasteiger partial charge in [-0.1, -0.05) is 0 Å². The van der Waals surface area contributed by atoms with Crippen molar-refractivity contribution >= 4 is 17.2 Å². The third kappa shape index (κ3) is 3.30. The summed E-state index contributed by atoms with van der Waals surface area (Å²) in [6, 6.07) is 2.39. The molecule has 1 aliphatic rings. The smallest absolute Gasteiger partial charge is 0.223 e. The summed E-state index contributed by atoms with van der Waals surface area (Å²) >= 11 is 1.70. The predicted molar refractivity (Wildman–Crippen MR) is 70.8 cm³/mol. The van der Waals surface area contributed by atoms with Crippen molar-refractivity contribution in [3.05, 3.63) is 21.9 Å². The van der Waals surface area contributed by atoms with E-state index in [0.717, 1.165) is 25.7 Å². The summed E-state index contributed by atoms with van der Waals surface area (Å²) in [5, 5.41) is 5.11.